The molecule has 0 spiro atoms. The summed E-state index contributed by atoms with van der Waals surface area (Å²) < 4.78 is 5.10. The van der Waals surface area contributed by atoms with Crippen molar-refractivity contribution in [2.24, 2.45) is 0 Å². The number of aromatic nitrogens is 1. The highest BCUT2D eigenvalue weighted by atomic mass is 16.5. The van der Waals surface area contributed by atoms with Gasteiger partial charge in [-0.25, -0.2) is 4.98 Å². The summed E-state index contributed by atoms with van der Waals surface area (Å²) in [5, 5.41) is 0. The van der Waals surface area contributed by atoms with E-state index in [1.54, 1.807) is 25.4 Å². The summed E-state index contributed by atoms with van der Waals surface area (Å²) in [4.78, 5) is 18.6. The second-order valence-electron chi connectivity index (χ2n) is 5.25. The maximum atomic E-state index is 12.6. The van der Waals surface area contributed by atoms with Crippen molar-refractivity contribution >= 4 is 11.7 Å². The number of rotatable bonds is 5. The van der Waals surface area contributed by atoms with Crippen molar-refractivity contribution in [1.82, 2.24) is 9.88 Å². The standard InChI is InChI=1S/C15H23N3O2/c1-20-10-4-6-13-5-2-3-9-18(13)15(19)12-7-8-14(16)17-11-12/h7-8,11,13H,2-6,9-10H2,1H3,(H2,16,17). The molecule has 1 aromatic heterocycles. The number of piperidine rings is 1. The molecule has 20 heavy (non-hydrogen) atoms. The van der Waals surface area contributed by atoms with Gasteiger partial charge in [0.1, 0.15) is 5.82 Å². The number of nitrogens with two attached hydrogens (primary N) is 1. The summed E-state index contributed by atoms with van der Waals surface area (Å²) in [7, 11) is 1.71. The lowest BCUT2D eigenvalue weighted by Gasteiger charge is -2.36. The Morgan fingerprint density at radius 1 is 1.50 bits per heavy atom. The molecule has 2 N–H and O–H groups in total. The van der Waals surface area contributed by atoms with Gasteiger partial charge in [0.25, 0.3) is 5.91 Å². The van der Waals surface area contributed by atoms with Gasteiger partial charge in [0.05, 0.1) is 5.56 Å². The molecular formula is C15H23N3O2. The zero-order valence-electron chi connectivity index (χ0n) is 12.0. The average Bonchev–Trinajstić information content (AvgIpc) is 2.48. The van der Waals surface area contributed by atoms with Crippen LogP contribution in [0.25, 0.3) is 0 Å². The molecule has 1 atom stereocenters. The van der Waals surface area contributed by atoms with E-state index in [-0.39, 0.29) is 5.91 Å². The highest BCUT2D eigenvalue weighted by Crippen LogP contribution is 2.23. The lowest BCUT2D eigenvalue weighted by atomic mass is 9.97. The zero-order valence-corrected chi connectivity index (χ0v) is 12.0. The second kappa shape index (κ2) is 7.24. The van der Waals surface area contributed by atoms with E-state index in [4.69, 9.17) is 10.5 Å². The van der Waals surface area contributed by atoms with Gasteiger partial charge in [-0.05, 0) is 44.2 Å². The fourth-order valence-electron chi connectivity index (χ4n) is 2.73. The highest BCUT2D eigenvalue weighted by Gasteiger charge is 2.27. The zero-order chi connectivity index (χ0) is 14.4. The molecule has 1 unspecified atom stereocenters. The number of nitrogen functional groups attached to an aromatic ring is 1. The summed E-state index contributed by atoms with van der Waals surface area (Å²) in [5.74, 6) is 0.511. The Kier molecular flexibility index (Phi) is 5.35. The van der Waals surface area contributed by atoms with Gasteiger partial charge in [0, 0.05) is 32.5 Å². The van der Waals surface area contributed by atoms with Gasteiger partial charge in [-0.15, -0.1) is 0 Å². The number of carbonyl (C=O) groups is 1. The fourth-order valence-corrected chi connectivity index (χ4v) is 2.73. The molecule has 110 valence electrons. The van der Waals surface area contributed by atoms with Crippen LogP contribution in [0.5, 0.6) is 0 Å². The molecule has 2 rings (SSSR count). The van der Waals surface area contributed by atoms with Gasteiger partial charge in [-0.2, -0.15) is 0 Å². The van der Waals surface area contributed by atoms with Crippen LogP contribution in [0, 0.1) is 0 Å². The van der Waals surface area contributed by atoms with E-state index in [9.17, 15) is 4.79 Å². The van der Waals surface area contributed by atoms with Crippen LogP contribution in [-0.2, 0) is 4.74 Å². The van der Waals surface area contributed by atoms with Crippen molar-refractivity contribution in [3.8, 4) is 0 Å². The summed E-state index contributed by atoms with van der Waals surface area (Å²) in [6.45, 7) is 1.59. The normalized spacial score (nSPS) is 19.1. The first-order valence-corrected chi connectivity index (χ1v) is 7.24. The number of carbonyl (C=O) groups excluding carboxylic acids is 1. The lowest BCUT2D eigenvalue weighted by Crippen LogP contribution is -2.43. The minimum absolute atomic E-state index is 0.0691. The number of hydrogen-bond donors (Lipinski definition) is 1. The van der Waals surface area contributed by atoms with Crippen LogP contribution in [-0.4, -0.2) is 42.1 Å². The Hall–Kier alpha value is -1.62. The van der Waals surface area contributed by atoms with Gasteiger partial charge in [0.15, 0.2) is 0 Å². The van der Waals surface area contributed by atoms with E-state index in [1.807, 2.05) is 4.90 Å². The summed E-state index contributed by atoms with van der Waals surface area (Å²) in [5.41, 5.74) is 6.19. The molecule has 1 fully saturated rings. The molecule has 0 radical (unpaired) electrons. The van der Waals surface area contributed by atoms with Crippen molar-refractivity contribution in [3.63, 3.8) is 0 Å². The van der Waals surface area contributed by atoms with Gasteiger partial charge in [-0.1, -0.05) is 0 Å². The van der Waals surface area contributed by atoms with E-state index in [1.165, 1.54) is 6.42 Å². The smallest absolute Gasteiger partial charge is 0.255 e. The Labute approximate surface area is 120 Å². The van der Waals surface area contributed by atoms with Gasteiger partial charge < -0.3 is 15.4 Å². The Bertz CT molecular complexity index is 433. The number of amides is 1. The third-order valence-electron chi connectivity index (χ3n) is 3.81. The van der Waals surface area contributed by atoms with Crippen molar-refractivity contribution in [2.75, 3.05) is 26.0 Å². The molecule has 0 bridgehead atoms. The van der Waals surface area contributed by atoms with E-state index in [2.05, 4.69) is 4.98 Å². The molecule has 0 aromatic carbocycles. The number of nitrogens with zero attached hydrogens (tertiary/aromatic N) is 2. The predicted molar refractivity (Wildman–Crippen MR) is 78.4 cm³/mol. The summed E-state index contributed by atoms with van der Waals surface area (Å²) in [6.07, 6.45) is 6.92. The first-order valence-electron chi connectivity index (χ1n) is 7.24. The van der Waals surface area contributed by atoms with Crippen LogP contribution in [0.15, 0.2) is 18.3 Å². The highest BCUT2D eigenvalue weighted by molar-refractivity contribution is 5.94. The summed E-state index contributed by atoms with van der Waals surface area (Å²) >= 11 is 0. The number of anilines is 1. The molecule has 2 heterocycles. The van der Waals surface area contributed by atoms with Crippen molar-refractivity contribution in [2.45, 2.75) is 38.1 Å². The Balaban J connectivity index is 2.02. The number of ether oxygens (including phenoxy) is 1. The first kappa shape index (κ1) is 14.8. The van der Waals surface area contributed by atoms with Gasteiger partial charge in [0.2, 0.25) is 0 Å². The molecule has 1 amide bonds. The van der Waals surface area contributed by atoms with Gasteiger partial charge in [-0.3, -0.25) is 4.79 Å². The summed E-state index contributed by atoms with van der Waals surface area (Å²) in [6, 6.07) is 3.76. The quantitative estimate of drug-likeness (QED) is 0.837. The SMILES string of the molecule is COCCCC1CCCCN1C(=O)c1ccc(N)nc1. The molecule has 1 aromatic rings. The molecule has 1 aliphatic heterocycles. The molecule has 1 aliphatic rings. The minimum atomic E-state index is 0.0691. The molecule has 5 heteroatoms. The van der Waals surface area contributed by atoms with Gasteiger partial charge >= 0.3 is 0 Å². The molecule has 5 nitrogen and oxygen atoms in total. The van der Waals surface area contributed by atoms with Crippen LogP contribution in [0.2, 0.25) is 0 Å². The molecular weight excluding hydrogens is 254 g/mol. The molecule has 0 aliphatic carbocycles. The van der Waals surface area contributed by atoms with Crippen LogP contribution < -0.4 is 5.73 Å². The predicted octanol–water partition coefficient (Wildman–Crippen LogP) is 2.09. The minimum Gasteiger partial charge on any atom is -0.385 e. The number of methoxy groups -OCH3 is 1. The van der Waals surface area contributed by atoms with Crippen molar-refractivity contribution in [1.29, 1.82) is 0 Å². The van der Waals surface area contributed by atoms with Crippen LogP contribution in [0.3, 0.4) is 0 Å². The average molecular weight is 277 g/mol. The van der Waals surface area contributed by atoms with E-state index < -0.39 is 0 Å². The molecule has 1 saturated heterocycles. The number of hydrogen-bond acceptors (Lipinski definition) is 4. The lowest BCUT2D eigenvalue weighted by molar-refractivity contribution is 0.0584. The molecule has 0 saturated carbocycles. The maximum absolute atomic E-state index is 12.6. The topological polar surface area (TPSA) is 68.5 Å². The van der Waals surface area contributed by atoms with Crippen LogP contribution in [0.4, 0.5) is 5.82 Å². The monoisotopic (exact) mass is 277 g/mol. The largest absolute Gasteiger partial charge is 0.385 e. The van der Waals surface area contributed by atoms with Crippen LogP contribution in [0.1, 0.15) is 42.5 Å². The van der Waals surface area contributed by atoms with Crippen molar-refractivity contribution < 1.29 is 9.53 Å². The Morgan fingerprint density at radius 3 is 3.05 bits per heavy atom. The van der Waals surface area contributed by atoms with Crippen LogP contribution >= 0.6 is 0 Å². The maximum Gasteiger partial charge on any atom is 0.255 e. The van der Waals surface area contributed by atoms with E-state index in [0.29, 0.717) is 17.4 Å². The van der Waals surface area contributed by atoms with Crippen molar-refractivity contribution in [3.05, 3.63) is 23.9 Å². The Morgan fingerprint density at radius 2 is 2.35 bits per heavy atom. The third-order valence-corrected chi connectivity index (χ3v) is 3.81. The number of likely N-dealkylation sites (tertiary alicyclic amines) is 1. The third kappa shape index (κ3) is 3.70. The number of pyridine rings is 1. The van der Waals surface area contributed by atoms with E-state index in [0.717, 1.165) is 38.8 Å². The van der Waals surface area contributed by atoms with E-state index >= 15 is 0 Å². The second-order valence-corrected chi connectivity index (χ2v) is 5.25. The first-order chi connectivity index (χ1) is 9.72. The fraction of sp³-hybridized carbons (Fsp3) is 0.600.